The van der Waals surface area contributed by atoms with Crippen molar-refractivity contribution in [2.75, 3.05) is 26.2 Å². The Morgan fingerprint density at radius 2 is 2.06 bits per heavy atom. The maximum Gasteiger partial charge on any atom is 0.0545 e. The molecule has 0 radical (unpaired) electrons. The predicted molar refractivity (Wildman–Crippen MR) is 78.5 cm³/mol. The van der Waals surface area contributed by atoms with Crippen molar-refractivity contribution in [2.45, 2.75) is 29.5 Å². The van der Waals surface area contributed by atoms with Crippen LogP contribution in [-0.2, 0) is 6.54 Å². The van der Waals surface area contributed by atoms with Gasteiger partial charge in [-0.1, -0.05) is 17.7 Å². The molecule has 98 valence electrons. The first-order valence-corrected chi connectivity index (χ1v) is 7.95. The second kappa shape index (κ2) is 5.83. The third kappa shape index (κ3) is 3.41. The zero-order chi connectivity index (χ0) is 12.4. The van der Waals surface area contributed by atoms with E-state index in [1.54, 1.807) is 0 Å². The number of nitrogens with one attached hydrogen (secondary N) is 1. The summed E-state index contributed by atoms with van der Waals surface area (Å²) < 4.78 is 0. The first-order chi connectivity index (χ1) is 8.81. The number of rotatable bonds is 4. The van der Waals surface area contributed by atoms with Gasteiger partial charge in [0.05, 0.1) is 5.02 Å². The molecule has 0 amide bonds. The summed E-state index contributed by atoms with van der Waals surface area (Å²) in [6.07, 6.45) is 2.70. The van der Waals surface area contributed by atoms with E-state index in [-0.39, 0.29) is 0 Å². The molecule has 0 aromatic heterocycles. The number of hydrogen-bond acceptors (Lipinski definition) is 3. The highest BCUT2D eigenvalue weighted by atomic mass is 35.5. The summed E-state index contributed by atoms with van der Waals surface area (Å²) in [6.45, 7) is 5.49. The van der Waals surface area contributed by atoms with Gasteiger partial charge in [0.15, 0.2) is 0 Å². The smallest absolute Gasteiger partial charge is 0.0545 e. The van der Waals surface area contributed by atoms with Crippen molar-refractivity contribution in [2.24, 2.45) is 0 Å². The first kappa shape index (κ1) is 12.8. The maximum absolute atomic E-state index is 6.37. The van der Waals surface area contributed by atoms with Crippen LogP contribution in [0.1, 0.15) is 18.4 Å². The molecule has 2 aliphatic rings. The number of piperazine rings is 1. The molecule has 0 spiro atoms. The molecule has 1 saturated heterocycles. The molecule has 0 unspecified atom stereocenters. The van der Waals surface area contributed by atoms with Crippen molar-refractivity contribution in [3.05, 3.63) is 28.8 Å². The summed E-state index contributed by atoms with van der Waals surface area (Å²) >= 11 is 8.30. The molecule has 18 heavy (non-hydrogen) atoms. The lowest BCUT2D eigenvalue weighted by atomic mass is 10.2. The monoisotopic (exact) mass is 282 g/mol. The number of thioether (sulfide) groups is 1. The lowest BCUT2D eigenvalue weighted by Gasteiger charge is -2.27. The number of hydrogen-bond donors (Lipinski definition) is 1. The van der Waals surface area contributed by atoms with Gasteiger partial charge in [-0.25, -0.2) is 0 Å². The fraction of sp³-hybridized carbons (Fsp3) is 0.571. The largest absolute Gasteiger partial charge is 0.314 e. The molecule has 1 aliphatic heterocycles. The average Bonchev–Trinajstić information content (AvgIpc) is 3.18. The zero-order valence-electron chi connectivity index (χ0n) is 10.5. The summed E-state index contributed by atoms with van der Waals surface area (Å²) in [6, 6.07) is 6.58. The molecular formula is C14H19ClN2S. The lowest BCUT2D eigenvalue weighted by Crippen LogP contribution is -2.42. The van der Waals surface area contributed by atoms with E-state index in [0.29, 0.717) is 0 Å². The maximum atomic E-state index is 6.37. The van der Waals surface area contributed by atoms with Gasteiger partial charge in [0.2, 0.25) is 0 Å². The molecule has 1 aliphatic carbocycles. The molecule has 1 aromatic rings. The summed E-state index contributed by atoms with van der Waals surface area (Å²) in [5.41, 5.74) is 1.34. The Kier molecular flexibility index (Phi) is 4.14. The Labute approximate surface area is 118 Å². The molecule has 0 bridgehead atoms. The molecule has 2 nitrogen and oxygen atoms in total. The molecule has 1 aromatic carbocycles. The van der Waals surface area contributed by atoms with E-state index in [9.17, 15) is 0 Å². The minimum atomic E-state index is 0.821. The van der Waals surface area contributed by atoms with E-state index in [4.69, 9.17) is 11.6 Å². The van der Waals surface area contributed by atoms with Gasteiger partial charge in [0, 0.05) is 42.9 Å². The van der Waals surface area contributed by atoms with Crippen LogP contribution in [0.4, 0.5) is 0 Å². The van der Waals surface area contributed by atoms with Gasteiger partial charge in [-0.2, -0.15) is 0 Å². The van der Waals surface area contributed by atoms with E-state index in [1.807, 2.05) is 11.8 Å². The minimum absolute atomic E-state index is 0.821. The molecule has 3 rings (SSSR count). The van der Waals surface area contributed by atoms with Crippen LogP contribution in [0.25, 0.3) is 0 Å². The quantitative estimate of drug-likeness (QED) is 0.914. The molecule has 0 atom stereocenters. The van der Waals surface area contributed by atoms with Crippen LogP contribution in [0.5, 0.6) is 0 Å². The molecule has 1 saturated carbocycles. The second-order valence-corrected chi connectivity index (χ2v) is 6.86. The van der Waals surface area contributed by atoms with E-state index in [2.05, 4.69) is 28.4 Å². The standard InChI is InChI=1S/C14H19ClN2S/c15-13-9-11(10-17-7-5-16-6-8-17)1-4-14(13)18-12-2-3-12/h1,4,9,12,16H,2-3,5-8,10H2. The van der Waals surface area contributed by atoms with Crippen LogP contribution in [0.15, 0.2) is 23.1 Å². The van der Waals surface area contributed by atoms with Crippen molar-refractivity contribution in [3.63, 3.8) is 0 Å². The number of halogens is 1. The highest BCUT2D eigenvalue weighted by Gasteiger charge is 2.23. The second-order valence-electron chi connectivity index (χ2n) is 5.11. The first-order valence-electron chi connectivity index (χ1n) is 6.69. The van der Waals surface area contributed by atoms with E-state index in [1.165, 1.54) is 23.3 Å². The van der Waals surface area contributed by atoms with Crippen molar-refractivity contribution < 1.29 is 0 Å². The molecule has 1 heterocycles. The highest BCUT2D eigenvalue weighted by molar-refractivity contribution is 8.00. The Bertz CT molecular complexity index is 414. The van der Waals surface area contributed by atoms with Gasteiger partial charge in [-0.15, -0.1) is 11.8 Å². The van der Waals surface area contributed by atoms with Crippen molar-refractivity contribution >= 4 is 23.4 Å². The topological polar surface area (TPSA) is 15.3 Å². The fourth-order valence-electron chi connectivity index (χ4n) is 2.23. The SMILES string of the molecule is Clc1cc(CN2CCNCC2)ccc1SC1CC1. The van der Waals surface area contributed by atoms with Crippen LogP contribution in [0, 0.1) is 0 Å². The molecule has 4 heteroatoms. The Morgan fingerprint density at radius 3 is 2.72 bits per heavy atom. The van der Waals surface area contributed by atoms with Gasteiger partial charge in [0.25, 0.3) is 0 Å². The van der Waals surface area contributed by atoms with Crippen molar-refractivity contribution in [1.82, 2.24) is 10.2 Å². The van der Waals surface area contributed by atoms with Gasteiger partial charge in [-0.3, -0.25) is 4.90 Å². The Morgan fingerprint density at radius 1 is 1.28 bits per heavy atom. The van der Waals surface area contributed by atoms with Crippen LogP contribution >= 0.6 is 23.4 Å². The molecule has 2 fully saturated rings. The average molecular weight is 283 g/mol. The highest BCUT2D eigenvalue weighted by Crippen LogP contribution is 2.41. The van der Waals surface area contributed by atoms with Gasteiger partial charge >= 0.3 is 0 Å². The van der Waals surface area contributed by atoms with Gasteiger partial charge < -0.3 is 5.32 Å². The van der Waals surface area contributed by atoms with Crippen molar-refractivity contribution in [3.8, 4) is 0 Å². The summed E-state index contributed by atoms with van der Waals surface area (Å²) in [7, 11) is 0. The summed E-state index contributed by atoms with van der Waals surface area (Å²) in [5, 5.41) is 5.13. The third-order valence-corrected chi connectivity index (χ3v) is 5.27. The number of nitrogens with zero attached hydrogens (tertiary/aromatic N) is 1. The van der Waals surface area contributed by atoms with Gasteiger partial charge in [-0.05, 0) is 30.5 Å². The van der Waals surface area contributed by atoms with Crippen LogP contribution in [0.3, 0.4) is 0 Å². The molecular weight excluding hydrogens is 264 g/mol. The van der Waals surface area contributed by atoms with E-state index in [0.717, 1.165) is 43.0 Å². The normalized spacial score (nSPS) is 21.2. The minimum Gasteiger partial charge on any atom is -0.314 e. The zero-order valence-corrected chi connectivity index (χ0v) is 12.1. The summed E-state index contributed by atoms with van der Waals surface area (Å²) in [5.74, 6) is 0. The van der Waals surface area contributed by atoms with Gasteiger partial charge in [0.1, 0.15) is 0 Å². The van der Waals surface area contributed by atoms with E-state index >= 15 is 0 Å². The fourth-order valence-corrected chi connectivity index (χ4v) is 3.62. The van der Waals surface area contributed by atoms with Crippen molar-refractivity contribution in [1.29, 1.82) is 0 Å². The Hall–Kier alpha value is -0.220. The summed E-state index contributed by atoms with van der Waals surface area (Å²) in [4.78, 5) is 3.74. The molecule has 1 N–H and O–H groups in total. The van der Waals surface area contributed by atoms with E-state index < -0.39 is 0 Å². The lowest BCUT2D eigenvalue weighted by molar-refractivity contribution is 0.233. The predicted octanol–water partition coefficient (Wildman–Crippen LogP) is 3.00. The van der Waals surface area contributed by atoms with Crippen LogP contribution in [0.2, 0.25) is 5.02 Å². The third-order valence-electron chi connectivity index (χ3n) is 3.43. The number of benzene rings is 1. The van der Waals surface area contributed by atoms with Crippen LogP contribution in [-0.4, -0.2) is 36.3 Å². The van der Waals surface area contributed by atoms with Crippen LogP contribution < -0.4 is 5.32 Å². The Balaban J connectivity index is 1.63.